The van der Waals surface area contributed by atoms with E-state index in [4.69, 9.17) is 16.7 Å². The van der Waals surface area contributed by atoms with Crippen molar-refractivity contribution in [3.05, 3.63) is 69.8 Å². The molecule has 0 saturated heterocycles. The smallest absolute Gasteiger partial charge is 1.00 e. The quantitative estimate of drug-likeness (QED) is 0.620. The van der Waals surface area contributed by atoms with Gasteiger partial charge in [0.2, 0.25) is 0 Å². The summed E-state index contributed by atoms with van der Waals surface area (Å²) in [5.74, 6) is -1.84. The average molecular weight is 392 g/mol. The molecule has 2 N–H and O–H groups in total. The fourth-order valence-electron chi connectivity index (χ4n) is 2.11. The predicted molar refractivity (Wildman–Crippen MR) is 93.2 cm³/mol. The largest absolute Gasteiger partial charge is 1.00 e. The van der Waals surface area contributed by atoms with Crippen LogP contribution in [0.15, 0.2) is 48.0 Å². The van der Waals surface area contributed by atoms with Crippen LogP contribution < -0.4 is 24.2 Å². The van der Waals surface area contributed by atoms with Gasteiger partial charge in [-0.3, -0.25) is 4.79 Å². The molecular formula is C18H14ClF3LiNO3. The molecule has 2 aromatic rings. The average Bonchev–Trinajstić information content (AvgIpc) is 2.54. The first-order chi connectivity index (χ1) is 12.1. The number of carboxylic acid groups (broad SMARTS) is 1. The summed E-state index contributed by atoms with van der Waals surface area (Å²) in [7, 11) is 0. The molecule has 2 aromatic carbocycles. The molecule has 0 atom stereocenters. The molecule has 9 heteroatoms. The van der Waals surface area contributed by atoms with Gasteiger partial charge in [0, 0.05) is 10.6 Å². The van der Waals surface area contributed by atoms with Crippen molar-refractivity contribution in [3.63, 3.8) is 0 Å². The zero-order valence-electron chi connectivity index (χ0n) is 15.4. The van der Waals surface area contributed by atoms with Crippen molar-refractivity contribution in [1.29, 1.82) is 0 Å². The normalized spacial score (nSPS) is 11.5. The van der Waals surface area contributed by atoms with E-state index in [1.807, 2.05) is 0 Å². The maximum absolute atomic E-state index is 12.6. The minimum atomic E-state index is -4.44. The van der Waals surface area contributed by atoms with Crippen LogP contribution in [0.4, 0.5) is 18.9 Å². The summed E-state index contributed by atoms with van der Waals surface area (Å²) < 4.78 is 37.7. The molecule has 0 saturated carbocycles. The molecule has 0 aliphatic rings. The molecule has 0 aromatic heterocycles. The maximum atomic E-state index is 12.6. The molecule has 0 heterocycles. The Balaban J connectivity index is 0.00000364. The number of halogens is 4. The summed E-state index contributed by atoms with van der Waals surface area (Å²) in [6, 6.07) is 8.24. The van der Waals surface area contributed by atoms with Crippen molar-refractivity contribution in [3.8, 4) is 0 Å². The van der Waals surface area contributed by atoms with Gasteiger partial charge in [0.25, 0.3) is 5.91 Å². The number of hydrogen-bond acceptors (Lipinski definition) is 2. The van der Waals surface area contributed by atoms with Gasteiger partial charge in [-0.15, -0.1) is 0 Å². The van der Waals surface area contributed by atoms with Gasteiger partial charge in [0.1, 0.15) is 0 Å². The summed E-state index contributed by atoms with van der Waals surface area (Å²) >= 11 is 5.82. The molecule has 27 heavy (non-hydrogen) atoms. The first-order valence-electron chi connectivity index (χ1n) is 7.27. The number of benzene rings is 2. The summed E-state index contributed by atoms with van der Waals surface area (Å²) in [6.45, 7) is 1.46. The number of carbonyl (C=O) groups is 2. The molecule has 0 aliphatic carbocycles. The van der Waals surface area contributed by atoms with Crippen LogP contribution >= 0.6 is 11.6 Å². The molecular weight excluding hydrogens is 378 g/mol. The Morgan fingerprint density at radius 3 is 2.26 bits per heavy atom. The molecule has 2 rings (SSSR count). The minimum absolute atomic E-state index is 0. The molecule has 4 nitrogen and oxygen atoms in total. The van der Waals surface area contributed by atoms with Crippen molar-refractivity contribution >= 4 is 35.2 Å². The van der Waals surface area contributed by atoms with E-state index in [0.717, 1.165) is 12.1 Å². The Morgan fingerprint density at radius 2 is 1.74 bits per heavy atom. The van der Waals surface area contributed by atoms with Crippen LogP contribution in [0.25, 0.3) is 6.08 Å². The molecule has 0 spiro atoms. The van der Waals surface area contributed by atoms with Crippen molar-refractivity contribution in [2.24, 2.45) is 0 Å². The zero-order chi connectivity index (χ0) is 19.5. The molecule has 0 unspecified atom stereocenters. The number of hydrogen-bond donors (Lipinski definition) is 2. The van der Waals surface area contributed by atoms with E-state index in [-0.39, 0.29) is 42.1 Å². The monoisotopic (exact) mass is 391 g/mol. The Bertz CT molecular complexity index is 887. The topological polar surface area (TPSA) is 66.4 Å². The number of aromatic carboxylic acids is 1. The Hall–Kier alpha value is -2.20. The summed E-state index contributed by atoms with van der Waals surface area (Å²) in [5.41, 5.74) is -0.321. The molecule has 0 radical (unpaired) electrons. The van der Waals surface area contributed by atoms with Crippen LogP contribution in [0.5, 0.6) is 0 Å². The van der Waals surface area contributed by atoms with Crippen LogP contribution in [0.1, 0.15) is 29.8 Å². The van der Waals surface area contributed by atoms with Gasteiger partial charge in [-0.05, 0) is 48.9 Å². The van der Waals surface area contributed by atoms with E-state index >= 15 is 0 Å². The van der Waals surface area contributed by atoms with Crippen molar-refractivity contribution in [2.45, 2.75) is 13.1 Å². The second-order valence-electron chi connectivity index (χ2n) is 5.40. The van der Waals surface area contributed by atoms with E-state index in [1.54, 1.807) is 0 Å². The first-order valence-corrected chi connectivity index (χ1v) is 7.65. The number of rotatable bonds is 4. The van der Waals surface area contributed by atoms with Crippen LogP contribution in [-0.2, 0) is 11.0 Å². The number of nitrogens with one attached hydrogen (secondary N) is 1. The van der Waals surface area contributed by atoms with E-state index in [2.05, 4.69) is 5.32 Å². The fourth-order valence-corrected chi connectivity index (χ4v) is 2.28. The van der Waals surface area contributed by atoms with Gasteiger partial charge >= 0.3 is 31.0 Å². The van der Waals surface area contributed by atoms with E-state index in [0.29, 0.717) is 5.56 Å². The standard InChI is InChI=1S/C18H13ClF3NO3.Li.H/c1-10(8-11-2-4-12(5-3-11)18(20,21)22)16(24)23-15-9-13(19)6-7-14(15)17(25)26;;/h2-9H,1H3,(H,23,24)(H,25,26);;/q;+1;-1/b10-8+;;. The summed E-state index contributed by atoms with van der Waals surface area (Å²) in [4.78, 5) is 23.4. The minimum Gasteiger partial charge on any atom is -1.00 e. The van der Waals surface area contributed by atoms with E-state index < -0.39 is 23.6 Å². The number of amides is 1. The third-order valence-electron chi connectivity index (χ3n) is 3.44. The second-order valence-corrected chi connectivity index (χ2v) is 5.83. The molecule has 0 aliphatic heterocycles. The van der Waals surface area contributed by atoms with E-state index in [9.17, 15) is 22.8 Å². The summed E-state index contributed by atoms with van der Waals surface area (Å²) in [6.07, 6.45) is -3.05. The molecule has 1 amide bonds. The molecule has 0 bridgehead atoms. The van der Waals surface area contributed by atoms with E-state index in [1.165, 1.54) is 43.3 Å². The number of carbonyl (C=O) groups excluding carboxylic acids is 1. The zero-order valence-corrected chi connectivity index (χ0v) is 15.2. The van der Waals surface area contributed by atoms with Crippen molar-refractivity contribution < 1.29 is 48.2 Å². The Kier molecular flexibility index (Phi) is 7.73. The van der Waals surface area contributed by atoms with Crippen LogP contribution in [0.2, 0.25) is 5.02 Å². The van der Waals surface area contributed by atoms with Gasteiger partial charge < -0.3 is 11.8 Å². The number of anilines is 1. The van der Waals surface area contributed by atoms with Crippen molar-refractivity contribution in [2.75, 3.05) is 5.32 Å². The van der Waals surface area contributed by atoms with Gasteiger partial charge in [-0.1, -0.05) is 23.7 Å². The van der Waals surface area contributed by atoms with Crippen LogP contribution in [0.3, 0.4) is 0 Å². The fraction of sp³-hybridized carbons (Fsp3) is 0.111. The number of carboxylic acids is 1. The Morgan fingerprint density at radius 1 is 1.15 bits per heavy atom. The van der Waals surface area contributed by atoms with Gasteiger partial charge in [-0.2, -0.15) is 13.2 Å². The summed E-state index contributed by atoms with van der Waals surface area (Å²) in [5, 5.41) is 11.8. The third kappa shape index (κ3) is 6.17. The maximum Gasteiger partial charge on any atom is 1.00 e. The Labute approximate surface area is 171 Å². The second kappa shape index (κ2) is 9.13. The first kappa shape index (κ1) is 22.8. The van der Waals surface area contributed by atoms with Gasteiger partial charge in [0.15, 0.2) is 0 Å². The van der Waals surface area contributed by atoms with Crippen molar-refractivity contribution in [1.82, 2.24) is 0 Å². The molecule has 138 valence electrons. The molecule has 0 fully saturated rings. The third-order valence-corrected chi connectivity index (χ3v) is 3.67. The van der Waals surface area contributed by atoms with Crippen LogP contribution in [-0.4, -0.2) is 17.0 Å². The van der Waals surface area contributed by atoms with Gasteiger partial charge in [-0.25, -0.2) is 4.79 Å². The number of alkyl halides is 3. The van der Waals surface area contributed by atoms with Gasteiger partial charge in [0.05, 0.1) is 16.8 Å². The SMILES string of the molecule is C/C(=C\c1ccc(C(F)(F)F)cc1)C(=O)Nc1cc(Cl)ccc1C(=O)O.[H-].[Li+]. The predicted octanol–water partition coefficient (Wildman–Crippen LogP) is 2.22. The van der Waals surface area contributed by atoms with Crippen LogP contribution in [0, 0.1) is 0 Å².